The molecular formula is C15H33N. The van der Waals surface area contributed by atoms with Gasteiger partial charge in [0.15, 0.2) is 0 Å². The summed E-state index contributed by atoms with van der Waals surface area (Å²) in [6.07, 6.45) is 9.77. The van der Waals surface area contributed by atoms with Gasteiger partial charge >= 0.3 is 0 Å². The number of unbranched alkanes of at least 4 members (excludes halogenated alkanes) is 4. The lowest BCUT2D eigenvalue weighted by Crippen LogP contribution is -2.39. The summed E-state index contributed by atoms with van der Waals surface area (Å²) in [5, 5.41) is 3.62. The summed E-state index contributed by atoms with van der Waals surface area (Å²) in [5.41, 5.74) is 0.273. The highest BCUT2D eigenvalue weighted by Crippen LogP contribution is 2.15. The second kappa shape index (κ2) is 9.04. The van der Waals surface area contributed by atoms with Crippen LogP contribution in [-0.2, 0) is 0 Å². The molecule has 1 unspecified atom stereocenters. The van der Waals surface area contributed by atoms with Gasteiger partial charge in [0.05, 0.1) is 0 Å². The number of rotatable bonds is 9. The Morgan fingerprint density at radius 3 is 2.06 bits per heavy atom. The van der Waals surface area contributed by atoms with Crippen LogP contribution in [0.4, 0.5) is 0 Å². The predicted octanol–water partition coefficient (Wildman–Crippen LogP) is 4.76. The summed E-state index contributed by atoms with van der Waals surface area (Å²) in [6.45, 7) is 12.5. The van der Waals surface area contributed by atoms with E-state index in [1.54, 1.807) is 0 Å². The minimum atomic E-state index is 0.273. The summed E-state index contributed by atoms with van der Waals surface area (Å²) < 4.78 is 0. The molecule has 0 aliphatic rings. The molecule has 0 aliphatic carbocycles. The molecule has 0 saturated carbocycles. The van der Waals surface area contributed by atoms with Crippen LogP contribution in [0.3, 0.4) is 0 Å². The molecule has 0 radical (unpaired) electrons. The summed E-state index contributed by atoms with van der Waals surface area (Å²) in [6, 6.07) is 0. The van der Waals surface area contributed by atoms with E-state index in [2.05, 4.69) is 39.9 Å². The van der Waals surface area contributed by atoms with Crippen molar-refractivity contribution in [2.75, 3.05) is 6.54 Å². The van der Waals surface area contributed by atoms with E-state index in [9.17, 15) is 0 Å². The van der Waals surface area contributed by atoms with Gasteiger partial charge in [0.25, 0.3) is 0 Å². The van der Waals surface area contributed by atoms with Gasteiger partial charge in [-0.05, 0) is 39.7 Å². The van der Waals surface area contributed by atoms with Crippen LogP contribution in [0.5, 0.6) is 0 Å². The summed E-state index contributed by atoms with van der Waals surface area (Å²) in [5.74, 6) is 0.876. The van der Waals surface area contributed by atoms with Crippen molar-refractivity contribution in [2.45, 2.75) is 85.1 Å². The Hall–Kier alpha value is -0.0400. The largest absolute Gasteiger partial charge is 0.312 e. The van der Waals surface area contributed by atoms with Crippen molar-refractivity contribution in [3.05, 3.63) is 0 Å². The molecule has 0 rings (SSSR count). The van der Waals surface area contributed by atoms with Crippen molar-refractivity contribution < 1.29 is 0 Å². The number of hydrogen-bond acceptors (Lipinski definition) is 1. The molecule has 1 N–H and O–H groups in total. The van der Waals surface area contributed by atoms with E-state index in [0.29, 0.717) is 0 Å². The molecule has 98 valence electrons. The molecule has 0 spiro atoms. The van der Waals surface area contributed by atoms with Gasteiger partial charge in [-0.1, -0.05) is 52.4 Å². The third-order valence-corrected chi connectivity index (χ3v) is 3.21. The molecule has 0 fully saturated rings. The molecule has 0 amide bonds. The van der Waals surface area contributed by atoms with Crippen molar-refractivity contribution in [1.29, 1.82) is 0 Å². The van der Waals surface area contributed by atoms with Crippen molar-refractivity contribution in [3.63, 3.8) is 0 Å². The molecule has 0 saturated heterocycles. The van der Waals surface area contributed by atoms with Crippen LogP contribution in [0.25, 0.3) is 0 Å². The van der Waals surface area contributed by atoms with Gasteiger partial charge in [-0.3, -0.25) is 0 Å². The third-order valence-electron chi connectivity index (χ3n) is 3.21. The molecule has 0 heterocycles. The second-order valence-corrected chi connectivity index (χ2v) is 6.11. The van der Waals surface area contributed by atoms with E-state index in [4.69, 9.17) is 0 Å². The average Bonchev–Trinajstić information content (AvgIpc) is 2.21. The molecule has 0 aliphatic heterocycles. The minimum absolute atomic E-state index is 0.273. The van der Waals surface area contributed by atoms with Gasteiger partial charge in [-0.25, -0.2) is 0 Å². The Morgan fingerprint density at radius 2 is 1.56 bits per heavy atom. The van der Waals surface area contributed by atoms with Crippen molar-refractivity contribution >= 4 is 0 Å². The first-order valence-corrected chi connectivity index (χ1v) is 7.24. The fourth-order valence-electron chi connectivity index (χ4n) is 1.94. The van der Waals surface area contributed by atoms with Crippen LogP contribution in [0.15, 0.2) is 0 Å². The maximum atomic E-state index is 3.62. The van der Waals surface area contributed by atoms with Crippen LogP contribution < -0.4 is 5.32 Å². The van der Waals surface area contributed by atoms with Crippen LogP contribution >= 0.6 is 0 Å². The molecule has 0 aromatic rings. The smallest absolute Gasteiger partial charge is 0.00966 e. The quantitative estimate of drug-likeness (QED) is 0.560. The van der Waals surface area contributed by atoms with E-state index in [1.807, 2.05) is 0 Å². The number of hydrogen-bond donors (Lipinski definition) is 1. The zero-order valence-electron chi connectivity index (χ0n) is 12.2. The van der Waals surface area contributed by atoms with E-state index < -0.39 is 0 Å². The van der Waals surface area contributed by atoms with E-state index in [0.717, 1.165) is 5.92 Å². The molecule has 1 nitrogen and oxygen atoms in total. The van der Waals surface area contributed by atoms with Crippen LogP contribution in [0, 0.1) is 5.92 Å². The zero-order valence-corrected chi connectivity index (χ0v) is 12.2. The lowest BCUT2D eigenvalue weighted by atomic mass is 9.96. The summed E-state index contributed by atoms with van der Waals surface area (Å²) in [4.78, 5) is 0. The van der Waals surface area contributed by atoms with Gasteiger partial charge in [0.1, 0.15) is 0 Å². The van der Waals surface area contributed by atoms with Gasteiger partial charge in [0, 0.05) is 5.54 Å². The molecule has 0 bridgehead atoms. The molecule has 0 aromatic heterocycles. The monoisotopic (exact) mass is 227 g/mol. The Bertz CT molecular complexity index is 146. The topological polar surface area (TPSA) is 12.0 Å². The maximum absolute atomic E-state index is 3.62. The fraction of sp³-hybridized carbons (Fsp3) is 1.00. The van der Waals surface area contributed by atoms with Crippen LogP contribution in [0.2, 0.25) is 0 Å². The van der Waals surface area contributed by atoms with Gasteiger partial charge in [0.2, 0.25) is 0 Å². The standard InChI is InChI=1S/C15H33N/c1-6-8-9-10-11-12-14(7-2)13-16-15(3,4)5/h14,16H,6-13H2,1-5H3. The predicted molar refractivity (Wildman–Crippen MR) is 74.9 cm³/mol. The van der Waals surface area contributed by atoms with Gasteiger partial charge < -0.3 is 5.32 Å². The maximum Gasteiger partial charge on any atom is 0.00966 e. The second-order valence-electron chi connectivity index (χ2n) is 6.11. The van der Waals surface area contributed by atoms with Crippen molar-refractivity contribution in [2.24, 2.45) is 5.92 Å². The fourth-order valence-corrected chi connectivity index (χ4v) is 1.94. The molecule has 1 heteroatoms. The van der Waals surface area contributed by atoms with E-state index >= 15 is 0 Å². The Kier molecular flexibility index (Phi) is 9.02. The summed E-state index contributed by atoms with van der Waals surface area (Å²) >= 11 is 0. The SMILES string of the molecule is CCCCCCCC(CC)CNC(C)(C)C. The van der Waals surface area contributed by atoms with Crippen molar-refractivity contribution in [1.82, 2.24) is 5.32 Å². The van der Waals surface area contributed by atoms with E-state index in [-0.39, 0.29) is 5.54 Å². The first-order valence-electron chi connectivity index (χ1n) is 7.24. The van der Waals surface area contributed by atoms with Crippen LogP contribution in [0.1, 0.15) is 79.6 Å². The molecule has 0 aromatic carbocycles. The summed E-state index contributed by atoms with van der Waals surface area (Å²) in [7, 11) is 0. The first-order chi connectivity index (χ1) is 7.49. The van der Waals surface area contributed by atoms with Crippen LogP contribution in [-0.4, -0.2) is 12.1 Å². The average molecular weight is 227 g/mol. The normalized spacial score (nSPS) is 14.1. The minimum Gasteiger partial charge on any atom is -0.312 e. The van der Waals surface area contributed by atoms with Gasteiger partial charge in [-0.15, -0.1) is 0 Å². The Labute approximate surface area is 103 Å². The Morgan fingerprint density at radius 1 is 0.938 bits per heavy atom. The first kappa shape index (κ1) is 16.0. The molecule has 16 heavy (non-hydrogen) atoms. The van der Waals surface area contributed by atoms with E-state index in [1.165, 1.54) is 51.5 Å². The zero-order chi connectivity index (χ0) is 12.4. The highest BCUT2D eigenvalue weighted by Gasteiger charge is 2.12. The number of nitrogens with one attached hydrogen (secondary N) is 1. The Balaban J connectivity index is 3.52. The third kappa shape index (κ3) is 10.5. The van der Waals surface area contributed by atoms with Crippen molar-refractivity contribution in [3.8, 4) is 0 Å². The highest BCUT2D eigenvalue weighted by atomic mass is 14.9. The lowest BCUT2D eigenvalue weighted by Gasteiger charge is -2.24. The molecular weight excluding hydrogens is 194 g/mol. The molecule has 1 atom stereocenters. The van der Waals surface area contributed by atoms with Gasteiger partial charge in [-0.2, -0.15) is 0 Å². The highest BCUT2D eigenvalue weighted by molar-refractivity contribution is 4.72. The lowest BCUT2D eigenvalue weighted by molar-refractivity contribution is 0.344.